The quantitative estimate of drug-likeness (QED) is 0.671. The summed E-state index contributed by atoms with van der Waals surface area (Å²) in [7, 11) is 1.46. The van der Waals surface area contributed by atoms with Gasteiger partial charge in [0.2, 0.25) is 0 Å². The predicted octanol–water partition coefficient (Wildman–Crippen LogP) is 4.57. The molecule has 0 aromatic rings. The van der Waals surface area contributed by atoms with Crippen molar-refractivity contribution in [2.75, 3.05) is 7.11 Å². The first-order chi connectivity index (χ1) is 13.7. The van der Waals surface area contributed by atoms with Crippen molar-refractivity contribution in [2.24, 2.45) is 46.3 Å². The van der Waals surface area contributed by atoms with Crippen LogP contribution in [0.1, 0.15) is 85.0 Å². The minimum Gasteiger partial charge on any atom is -0.469 e. The number of ether oxygens (including phenoxy) is 1. The van der Waals surface area contributed by atoms with Gasteiger partial charge in [-0.25, -0.2) is 0 Å². The van der Waals surface area contributed by atoms with Gasteiger partial charge in [0, 0.05) is 6.42 Å². The summed E-state index contributed by atoms with van der Waals surface area (Å²) in [4.78, 5) is 11.6. The van der Waals surface area contributed by atoms with Gasteiger partial charge in [0.25, 0.3) is 0 Å². The molecule has 4 aliphatic rings. The van der Waals surface area contributed by atoms with E-state index in [9.17, 15) is 15.0 Å². The van der Waals surface area contributed by atoms with Gasteiger partial charge in [-0.3, -0.25) is 4.79 Å². The molecule has 7 unspecified atom stereocenters. The molecule has 166 valence electrons. The molecule has 0 aliphatic heterocycles. The molecule has 4 fully saturated rings. The van der Waals surface area contributed by atoms with Crippen LogP contribution in [0.2, 0.25) is 0 Å². The smallest absolute Gasteiger partial charge is 0.305 e. The highest BCUT2D eigenvalue weighted by Crippen LogP contribution is 2.68. The summed E-state index contributed by atoms with van der Waals surface area (Å²) in [5.74, 6) is 3.36. The fraction of sp³-hybridized carbons (Fsp3) is 0.960. The van der Waals surface area contributed by atoms with Crippen LogP contribution in [0.25, 0.3) is 0 Å². The lowest BCUT2D eigenvalue weighted by atomic mass is 9.43. The van der Waals surface area contributed by atoms with Crippen LogP contribution >= 0.6 is 0 Å². The number of fused-ring (bicyclic) bond motifs is 5. The summed E-state index contributed by atoms with van der Waals surface area (Å²) >= 11 is 0. The summed E-state index contributed by atoms with van der Waals surface area (Å²) < 4.78 is 4.85. The summed E-state index contributed by atoms with van der Waals surface area (Å²) in [6, 6.07) is 0. The second-order valence-electron chi connectivity index (χ2n) is 11.5. The SMILES string of the molecule is COC(=O)CC[C@@H](C)C1CCC2C3CCC4C[C@H](O)CCC4(C)C3C[C@H](O)C21C. The highest BCUT2D eigenvalue weighted by atomic mass is 16.5. The van der Waals surface area contributed by atoms with E-state index >= 15 is 0 Å². The zero-order valence-corrected chi connectivity index (χ0v) is 18.9. The number of hydrogen-bond acceptors (Lipinski definition) is 4. The molecule has 2 N–H and O–H groups in total. The topological polar surface area (TPSA) is 66.8 Å². The van der Waals surface area contributed by atoms with E-state index in [4.69, 9.17) is 4.74 Å². The molecule has 4 saturated carbocycles. The van der Waals surface area contributed by atoms with Gasteiger partial charge >= 0.3 is 5.97 Å². The summed E-state index contributed by atoms with van der Waals surface area (Å²) in [5.41, 5.74) is 0.271. The number of aliphatic hydroxyl groups is 2. The van der Waals surface area contributed by atoms with E-state index in [1.165, 1.54) is 32.8 Å². The van der Waals surface area contributed by atoms with E-state index in [1.54, 1.807) is 0 Å². The van der Waals surface area contributed by atoms with Gasteiger partial charge in [0.05, 0.1) is 19.3 Å². The van der Waals surface area contributed by atoms with Crippen molar-refractivity contribution in [2.45, 2.75) is 97.2 Å². The minimum absolute atomic E-state index is 0.0198. The zero-order valence-electron chi connectivity index (χ0n) is 18.9. The van der Waals surface area contributed by atoms with E-state index in [-0.39, 0.29) is 23.6 Å². The standard InChI is InChI=1S/C25H42O4/c1-15(5-10-23(28)29-4)19-8-9-20-18-7-6-16-13-17(26)11-12-24(16,2)21(18)14-22(27)25(19,20)3/h15-22,26-27H,5-14H2,1-4H3/t15-,16?,17-,18?,19?,20?,21?,22+,24?,25?/m1/s1. The average Bonchev–Trinajstić information content (AvgIpc) is 3.06. The van der Waals surface area contributed by atoms with E-state index in [0.29, 0.717) is 41.4 Å². The Bertz CT molecular complexity index is 620. The van der Waals surface area contributed by atoms with Crippen molar-refractivity contribution >= 4 is 5.97 Å². The third-order valence-corrected chi connectivity index (χ3v) is 10.5. The van der Waals surface area contributed by atoms with Crippen LogP contribution in [0, 0.1) is 46.3 Å². The molecule has 0 aromatic carbocycles. The van der Waals surface area contributed by atoms with Crippen molar-refractivity contribution < 1.29 is 19.7 Å². The van der Waals surface area contributed by atoms with Crippen LogP contribution in [0.4, 0.5) is 0 Å². The number of hydrogen-bond donors (Lipinski definition) is 2. The van der Waals surface area contributed by atoms with Gasteiger partial charge in [-0.1, -0.05) is 20.8 Å². The summed E-state index contributed by atoms with van der Waals surface area (Å²) in [6.45, 7) is 7.12. The predicted molar refractivity (Wildman–Crippen MR) is 113 cm³/mol. The normalized spacial score (nSPS) is 50.2. The van der Waals surface area contributed by atoms with Crippen LogP contribution < -0.4 is 0 Å². The maximum atomic E-state index is 11.6. The maximum Gasteiger partial charge on any atom is 0.305 e. The Labute approximate surface area is 176 Å². The van der Waals surface area contributed by atoms with E-state index in [1.807, 2.05) is 0 Å². The van der Waals surface area contributed by atoms with Crippen LogP contribution in [0.5, 0.6) is 0 Å². The number of esters is 1. The molecule has 29 heavy (non-hydrogen) atoms. The number of aliphatic hydroxyl groups excluding tert-OH is 2. The molecule has 0 spiro atoms. The monoisotopic (exact) mass is 406 g/mol. The second-order valence-corrected chi connectivity index (χ2v) is 11.5. The first kappa shape index (κ1) is 21.6. The largest absolute Gasteiger partial charge is 0.469 e. The van der Waals surface area contributed by atoms with Crippen molar-refractivity contribution in [3.8, 4) is 0 Å². The number of carbonyl (C=O) groups is 1. The van der Waals surface area contributed by atoms with Crippen molar-refractivity contribution in [1.29, 1.82) is 0 Å². The summed E-state index contributed by atoms with van der Waals surface area (Å²) in [6.07, 6.45) is 9.86. The van der Waals surface area contributed by atoms with Gasteiger partial charge in [0.15, 0.2) is 0 Å². The highest BCUT2D eigenvalue weighted by molar-refractivity contribution is 5.69. The fourth-order valence-electron chi connectivity index (χ4n) is 8.81. The van der Waals surface area contributed by atoms with Gasteiger partial charge in [-0.15, -0.1) is 0 Å². The van der Waals surface area contributed by atoms with E-state index in [0.717, 1.165) is 38.0 Å². The van der Waals surface area contributed by atoms with Crippen LogP contribution in [-0.2, 0) is 9.53 Å². The molecule has 4 rings (SSSR count). The number of rotatable bonds is 4. The van der Waals surface area contributed by atoms with Crippen molar-refractivity contribution in [3.63, 3.8) is 0 Å². The molecule has 0 amide bonds. The van der Waals surface area contributed by atoms with Crippen LogP contribution in [0.3, 0.4) is 0 Å². The third-order valence-electron chi connectivity index (χ3n) is 10.5. The Morgan fingerprint density at radius 3 is 2.55 bits per heavy atom. The molecule has 4 aliphatic carbocycles. The molecule has 4 heteroatoms. The molecule has 0 heterocycles. The molecule has 10 atom stereocenters. The molecular weight excluding hydrogens is 364 g/mol. The van der Waals surface area contributed by atoms with Crippen molar-refractivity contribution in [3.05, 3.63) is 0 Å². The average molecular weight is 407 g/mol. The molecular formula is C25H42O4. The lowest BCUT2D eigenvalue weighted by Gasteiger charge is -2.62. The first-order valence-electron chi connectivity index (χ1n) is 12.1. The van der Waals surface area contributed by atoms with E-state index < -0.39 is 0 Å². The highest BCUT2D eigenvalue weighted by Gasteiger charge is 2.63. The Morgan fingerprint density at radius 1 is 1.07 bits per heavy atom. The lowest BCUT2D eigenvalue weighted by molar-refractivity contribution is -0.175. The maximum absolute atomic E-state index is 11.6. The Morgan fingerprint density at radius 2 is 1.83 bits per heavy atom. The summed E-state index contributed by atoms with van der Waals surface area (Å²) in [5, 5.41) is 21.8. The minimum atomic E-state index is -0.246. The fourth-order valence-corrected chi connectivity index (χ4v) is 8.81. The molecule has 0 bridgehead atoms. The number of methoxy groups -OCH3 is 1. The van der Waals surface area contributed by atoms with Crippen LogP contribution in [-0.4, -0.2) is 35.5 Å². The van der Waals surface area contributed by atoms with Crippen LogP contribution in [0.15, 0.2) is 0 Å². The Balaban J connectivity index is 1.53. The molecule has 0 radical (unpaired) electrons. The third kappa shape index (κ3) is 3.37. The first-order valence-corrected chi connectivity index (χ1v) is 12.1. The van der Waals surface area contributed by atoms with Gasteiger partial charge in [0.1, 0.15) is 0 Å². The number of carbonyl (C=O) groups excluding carboxylic acids is 1. The Kier molecular flexibility index (Phi) is 5.83. The molecule has 0 saturated heterocycles. The van der Waals surface area contributed by atoms with Gasteiger partial charge < -0.3 is 14.9 Å². The second kappa shape index (κ2) is 7.82. The molecule has 0 aromatic heterocycles. The van der Waals surface area contributed by atoms with Gasteiger partial charge in [-0.2, -0.15) is 0 Å². The Hall–Kier alpha value is -0.610. The van der Waals surface area contributed by atoms with Gasteiger partial charge in [-0.05, 0) is 104 Å². The van der Waals surface area contributed by atoms with Crippen molar-refractivity contribution in [1.82, 2.24) is 0 Å². The lowest BCUT2D eigenvalue weighted by Crippen LogP contribution is -2.58. The zero-order chi connectivity index (χ0) is 21.0. The van der Waals surface area contributed by atoms with E-state index in [2.05, 4.69) is 20.8 Å². The molecule has 4 nitrogen and oxygen atoms in total.